The lowest BCUT2D eigenvalue weighted by Gasteiger charge is -2.37. The van der Waals surface area contributed by atoms with Crippen molar-refractivity contribution >= 4 is 5.69 Å². The first kappa shape index (κ1) is 15.3. The number of hydrogen-bond donors (Lipinski definition) is 2. The van der Waals surface area contributed by atoms with E-state index in [1.165, 1.54) is 16.8 Å². The fraction of sp³-hybridized carbons (Fsp3) is 0.625. The van der Waals surface area contributed by atoms with Gasteiger partial charge >= 0.3 is 0 Å². The Morgan fingerprint density at radius 2 is 2.25 bits per heavy atom. The van der Waals surface area contributed by atoms with Gasteiger partial charge in [-0.15, -0.1) is 0 Å². The lowest BCUT2D eigenvalue weighted by molar-refractivity contribution is 0.0726. The Kier molecular flexibility index (Phi) is 5.40. The van der Waals surface area contributed by atoms with Crippen LogP contribution in [0.1, 0.15) is 25.0 Å². The van der Waals surface area contributed by atoms with Crippen LogP contribution in [0, 0.1) is 6.92 Å². The molecule has 112 valence electrons. The van der Waals surface area contributed by atoms with Crippen molar-refractivity contribution in [3.05, 3.63) is 29.3 Å². The lowest BCUT2D eigenvalue weighted by atomic mass is 10.1. The number of benzene rings is 1. The third kappa shape index (κ3) is 3.72. The fourth-order valence-corrected chi connectivity index (χ4v) is 2.59. The van der Waals surface area contributed by atoms with Crippen molar-refractivity contribution in [3.63, 3.8) is 0 Å². The van der Waals surface area contributed by atoms with Crippen molar-refractivity contribution in [2.75, 3.05) is 31.3 Å². The van der Waals surface area contributed by atoms with E-state index in [2.05, 4.69) is 49.2 Å². The molecule has 0 amide bonds. The van der Waals surface area contributed by atoms with Gasteiger partial charge < -0.3 is 20.1 Å². The van der Waals surface area contributed by atoms with Crippen LogP contribution in [0.3, 0.4) is 0 Å². The second kappa shape index (κ2) is 7.07. The van der Waals surface area contributed by atoms with E-state index in [4.69, 9.17) is 4.74 Å². The van der Waals surface area contributed by atoms with Gasteiger partial charge in [0.05, 0.1) is 25.9 Å². The normalized spacial score (nSPS) is 19.6. The Bertz CT molecular complexity index is 434. The molecule has 4 heteroatoms. The number of ether oxygens (including phenoxy) is 1. The van der Waals surface area contributed by atoms with Crippen LogP contribution in [-0.2, 0) is 11.3 Å². The zero-order chi connectivity index (χ0) is 14.5. The van der Waals surface area contributed by atoms with E-state index in [9.17, 15) is 5.11 Å². The molecule has 20 heavy (non-hydrogen) atoms. The summed E-state index contributed by atoms with van der Waals surface area (Å²) >= 11 is 0. The summed E-state index contributed by atoms with van der Waals surface area (Å²) in [4.78, 5) is 2.26. The minimum absolute atomic E-state index is 0.0714. The van der Waals surface area contributed by atoms with E-state index in [0.29, 0.717) is 12.6 Å². The molecule has 0 spiro atoms. The molecule has 1 aromatic rings. The predicted molar refractivity (Wildman–Crippen MR) is 82.2 cm³/mol. The van der Waals surface area contributed by atoms with Gasteiger partial charge in [0.15, 0.2) is 0 Å². The van der Waals surface area contributed by atoms with Gasteiger partial charge in [0.2, 0.25) is 0 Å². The van der Waals surface area contributed by atoms with Crippen LogP contribution in [-0.4, -0.2) is 43.6 Å². The maximum Gasteiger partial charge on any atom is 0.0755 e. The third-order valence-electron chi connectivity index (χ3n) is 3.72. The van der Waals surface area contributed by atoms with E-state index in [1.54, 1.807) is 0 Å². The Balaban J connectivity index is 2.12. The summed E-state index contributed by atoms with van der Waals surface area (Å²) in [7, 11) is 0. The summed E-state index contributed by atoms with van der Waals surface area (Å²) in [5.41, 5.74) is 3.77. The van der Waals surface area contributed by atoms with E-state index in [0.717, 1.165) is 19.7 Å². The van der Waals surface area contributed by atoms with Gasteiger partial charge in [-0.3, -0.25) is 0 Å². The van der Waals surface area contributed by atoms with Crippen LogP contribution in [0.4, 0.5) is 5.69 Å². The van der Waals surface area contributed by atoms with Crippen LogP contribution in [0.25, 0.3) is 0 Å². The zero-order valence-corrected chi connectivity index (χ0v) is 12.7. The Hall–Kier alpha value is -1.10. The second-order valence-corrected chi connectivity index (χ2v) is 5.76. The molecule has 2 N–H and O–H groups in total. The van der Waals surface area contributed by atoms with Gasteiger partial charge in [0.1, 0.15) is 0 Å². The van der Waals surface area contributed by atoms with E-state index in [1.807, 2.05) is 0 Å². The smallest absolute Gasteiger partial charge is 0.0755 e. The van der Waals surface area contributed by atoms with E-state index in [-0.39, 0.29) is 12.6 Å². The van der Waals surface area contributed by atoms with E-state index >= 15 is 0 Å². The number of rotatable bonds is 5. The van der Waals surface area contributed by atoms with Gasteiger partial charge in [-0.1, -0.05) is 26.0 Å². The molecule has 4 nitrogen and oxygen atoms in total. The minimum Gasteiger partial charge on any atom is -0.394 e. The van der Waals surface area contributed by atoms with Crippen molar-refractivity contribution in [2.45, 2.75) is 39.4 Å². The van der Waals surface area contributed by atoms with E-state index < -0.39 is 0 Å². The molecule has 0 radical (unpaired) electrons. The molecule has 0 aromatic heterocycles. The molecule has 0 aliphatic carbocycles. The SMILES string of the molecule is Cc1cc(CNC(C)C)ccc1N1CCOCC1CO. The summed E-state index contributed by atoms with van der Waals surface area (Å²) in [6.45, 7) is 9.65. The maximum atomic E-state index is 9.48. The maximum absolute atomic E-state index is 9.48. The average molecular weight is 278 g/mol. The third-order valence-corrected chi connectivity index (χ3v) is 3.72. The average Bonchev–Trinajstić information content (AvgIpc) is 2.45. The van der Waals surface area contributed by atoms with Crippen molar-refractivity contribution in [2.24, 2.45) is 0 Å². The predicted octanol–water partition coefficient (Wildman–Crippen LogP) is 1.69. The molecular weight excluding hydrogens is 252 g/mol. The van der Waals surface area contributed by atoms with Crippen molar-refractivity contribution < 1.29 is 9.84 Å². The van der Waals surface area contributed by atoms with Crippen LogP contribution in [0.5, 0.6) is 0 Å². The standard InChI is InChI=1S/C16H26N2O2/c1-12(2)17-9-14-4-5-16(13(3)8-14)18-6-7-20-11-15(18)10-19/h4-5,8,12,15,17,19H,6-7,9-11H2,1-3H3. The quantitative estimate of drug-likeness (QED) is 0.860. The zero-order valence-electron chi connectivity index (χ0n) is 12.7. The molecule has 1 unspecified atom stereocenters. The monoisotopic (exact) mass is 278 g/mol. The van der Waals surface area contributed by atoms with Crippen LogP contribution >= 0.6 is 0 Å². The summed E-state index contributed by atoms with van der Waals surface area (Å²) < 4.78 is 5.44. The van der Waals surface area contributed by atoms with Crippen LogP contribution in [0.2, 0.25) is 0 Å². The summed E-state index contributed by atoms with van der Waals surface area (Å²) in [5, 5.41) is 12.9. The first-order valence-corrected chi connectivity index (χ1v) is 7.40. The molecule has 1 aliphatic rings. The summed E-state index contributed by atoms with van der Waals surface area (Å²) in [6.07, 6.45) is 0. The molecule has 1 aliphatic heterocycles. The molecular formula is C16H26N2O2. The topological polar surface area (TPSA) is 44.7 Å². The highest BCUT2D eigenvalue weighted by atomic mass is 16.5. The highest BCUT2D eigenvalue weighted by Crippen LogP contribution is 2.25. The first-order valence-electron chi connectivity index (χ1n) is 7.40. The molecule has 1 saturated heterocycles. The molecule has 1 aromatic carbocycles. The Labute approximate surface area is 121 Å². The number of nitrogens with zero attached hydrogens (tertiary/aromatic N) is 1. The molecule has 1 fully saturated rings. The number of anilines is 1. The number of aliphatic hydroxyl groups excluding tert-OH is 1. The van der Waals surface area contributed by atoms with Crippen molar-refractivity contribution in [1.29, 1.82) is 0 Å². The molecule has 1 heterocycles. The highest BCUT2D eigenvalue weighted by molar-refractivity contribution is 5.55. The largest absolute Gasteiger partial charge is 0.394 e. The second-order valence-electron chi connectivity index (χ2n) is 5.76. The number of hydrogen-bond acceptors (Lipinski definition) is 4. The van der Waals surface area contributed by atoms with Gasteiger partial charge in [0, 0.05) is 24.8 Å². The molecule has 1 atom stereocenters. The van der Waals surface area contributed by atoms with Gasteiger partial charge in [-0.05, 0) is 24.1 Å². The molecule has 0 bridgehead atoms. The highest BCUT2D eigenvalue weighted by Gasteiger charge is 2.23. The summed E-state index contributed by atoms with van der Waals surface area (Å²) in [5.74, 6) is 0. The number of nitrogens with one attached hydrogen (secondary N) is 1. The van der Waals surface area contributed by atoms with Crippen molar-refractivity contribution in [1.82, 2.24) is 5.32 Å². The van der Waals surface area contributed by atoms with Gasteiger partial charge in [0.25, 0.3) is 0 Å². The van der Waals surface area contributed by atoms with Gasteiger partial charge in [-0.2, -0.15) is 0 Å². The minimum atomic E-state index is 0.0714. The Morgan fingerprint density at radius 3 is 2.90 bits per heavy atom. The molecule has 2 rings (SSSR count). The first-order chi connectivity index (χ1) is 9.61. The summed E-state index contributed by atoms with van der Waals surface area (Å²) in [6, 6.07) is 7.13. The van der Waals surface area contributed by atoms with Crippen LogP contribution in [0.15, 0.2) is 18.2 Å². The lowest BCUT2D eigenvalue weighted by Crippen LogP contribution is -2.48. The molecule has 0 saturated carbocycles. The van der Waals surface area contributed by atoms with Gasteiger partial charge in [-0.25, -0.2) is 0 Å². The Morgan fingerprint density at radius 1 is 1.45 bits per heavy atom. The number of aliphatic hydroxyl groups is 1. The van der Waals surface area contributed by atoms with Crippen molar-refractivity contribution in [3.8, 4) is 0 Å². The number of morpholine rings is 1. The van der Waals surface area contributed by atoms with Crippen LogP contribution < -0.4 is 10.2 Å². The number of aryl methyl sites for hydroxylation is 1. The fourth-order valence-electron chi connectivity index (χ4n) is 2.59.